The van der Waals surface area contributed by atoms with E-state index in [0.717, 1.165) is 19.3 Å². The van der Waals surface area contributed by atoms with Crippen LogP contribution < -0.4 is 4.74 Å². The maximum absolute atomic E-state index is 15.0. The van der Waals surface area contributed by atoms with E-state index in [1.54, 1.807) is 6.20 Å². The number of aromatic amines is 1. The molecule has 4 fully saturated rings. The number of hydrogen-bond donors (Lipinski definition) is 2. The van der Waals surface area contributed by atoms with Crippen molar-refractivity contribution in [1.82, 2.24) is 14.9 Å². The quantitative estimate of drug-likeness (QED) is 0.827. The van der Waals surface area contributed by atoms with Gasteiger partial charge in [-0.05, 0) is 56.9 Å². The van der Waals surface area contributed by atoms with Crippen LogP contribution in [-0.2, 0) is 10.2 Å². The Hall–Kier alpha value is -2.15. The fourth-order valence-corrected chi connectivity index (χ4v) is 6.54. The van der Waals surface area contributed by atoms with Crippen molar-refractivity contribution < 1.29 is 19.0 Å². The lowest BCUT2D eigenvalue weighted by atomic mass is 9.54. The van der Waals surface area contributed by atoms with Gasteiger partial charge in [0, 0.05) is 18.3 Å². The Labute approximate surface area is 169 Å². The van der Waals surface area contributed by atoms with Crippen molar-refractivity contribution in [3.63, 3.8) is 0 Å². The van der Waals surface area contributed by atoms with Crippen LogP contribution in [0.15, 0.2) is 12.4 Å². The molecule has 6 rings (SSSR count). The first kappa shape index (κ1) is 18.9. The molecule has 7 heteroatoms. The van der Waals surface area contributed by atoms with Gasteiger partial charge in [0.1, 0.15) is 5.65 Å². The van der Waals surface area contributed by atoms with Crippen LogP contribution in [0.2, 0.25) is 0 Å². The second-order valence-electron chi connectivity index (χ2n) is 10.2. The van der Waals surface area contributed by atoms with Crippen molar-refractivity contribution in [3.8, 4) is 5.75 Å². The van der Waals surface area contributed by atoms with E-state index in [2.05, 4.69) is 16.9 Å². The largest absolute Gasteiger partial charge is 0.492 e. The summed E-state index contributed by atoms with van der Waals surface area (Å²) in [5.74, 6) is -0.454. The molecule has 1 amide bonds. The highest BCUT2D eigenvalue weighted by Crippen LogP contribution is 2.58. The Morgan fingerprint density at radius 3 is 2.59 bits per heavy atom. The summed E-state index contributed by atoms with van der Waals surface area (Å²) in [6.07, 6.45) is 6.98. The van der Waals surface area contributed by atoms with E-state index >= 15 is 4.39 Å². The molecule has 2 unspecified atom stereocenters. The van der Waals surface area contributed by atoms with Crippen molar-refractivity contribution in [3.05, 3.63) is 23.8 Å². The van der Waals surface area contributed by atoms with Gasteiger partial charge >= 0.3 is 0 Å². The number of piperidine rings is 2. The smallest absolute Gasteiger partial charge is 0.233 e. The monoisotopic (exact) mass is 401 g/mol. The van der Waals surface area contributed by atoms with Crippen LogP contribution in [0.1, 0.15) is 58.4 Å². The maximum Gasteiger partial charge on any atom is 0.233 e. The third-order valence-electron chi connectivity index (χ3n) is 7.50. The summed E-state index contributed by atoms with van der Waals surface area (Å²) in [5, 5.41) is 11.3. The van der Waals surface area contributed by atoms with Gasteiger partial charge in [-0.15, -0.1) is 0 Å². The highest BCUT2D eigenvalue weighted by atomic mass is 19.1. The predicted octanol–water partition coefficient (Wildman–Crippen LogP) is 3.28. The molecule has 2 aliphatic heterocycles. The average Bonchev–Trinajstić information content (AvgIpc) is 3.05. The van der Waals surface area contributed by atoms with Crippen LogP contribution in [0.5, 0.6) is 5.75 Å². The van der Waals surface area contributed by atoms with E-state index in [4.69, 9.17) is 4.74 Å². The molecule has 0 spiro atoms. The van der Waals surface area contributed by atoms with Crippen LogP contribution in [0, 0.1) is 11.2 Å². The number of aliphatic hydroxyl groups is 1. The summed E-state index contributed by atoms with van der Waals surface area (Å²) >= 11 is 0. The number of carbonyl (C=O) groups excluding carboxylic acids is 1. The van der Waals surface area contributed by atoms with Crippen LogP contribution in [0.25, 0.3) is 11.0 Å². The molecule has 0 radical (unpaired) electrons. The fraction of sp³-hybridized carbons (Fsp3) is 0.636. The number of carbonyl (C=O) groups is 1. The zero-order chi connectivity index (χ0) is 20.8. The van der Waals surface area contributed by atoms with E-state index in [1.807, 2.05) is 18.7 Å². The number of hydrogen-bond acceptors (Lipinski definition) is 4. The molecular weight excluding hydrogens is 373 g/mol. The molecule has 0 aromatic carbocycles. The zero-order valence-corrected chi connectivity index (χ0v) is 17.4. The van der Waals surface area contributed by atoms with Gasteiger partial charge in [-0.3, -0.25) is 4.79 Å². The Morgan fingerprint density at radius 1 is 1.34 bits per heavy atom. The molecule has 2 saturated heterocycles. The summed E-state index contributed by atoms with van der Waals surface area (Å²) < 4.78 is 20.1. The summed E-state index contributed by atoms with van der Waals surface area (Å²) in [6.45, 7) is 5.92. The van der Waals surface area contributed by atoms with E-state index in [0.29, 0.717) is 29.4 Å². The molecule has 156 valence electrons. The molecule has 2 N–H and O–H groups in total. The third-order valence-corrected chi connectivity index (χ3v) is 7.50. The lowest BCUT2D eigenvalue weighted by Gasteiger charge is -2.64. The first-order valence-electron chi connectivity index (χ1n) is 10.3. The minimum atomic E-state index is -0.938. The van der Waals surface area contributed by atoms with E-state index in [9.17, 15) is 9.90 Å². The molecule has 29 heavy (non-hydrogen) atoms. The second kappa shape index (κ2) is 5.72. The maximum atomic E-state index is 15.0. The Kier molecular flexibility index (Phi) is 3.72. The van der Waals surface area contributed by atoms with E-state index in [1.165, 1.54) is 13.3 Å². The highest BCUT2D eigenvalue weighted by Gasteiger charge is 2.60. The van der Waals surface area contributed by atoms with Crippen molar-refractivity contribution >= 4 is 16.9 Å². The number of H-pyrrole nitrogens is 1. The molecule has 6 nitrogen and oxygen atoms in total. The number of nitrogens with one attached hydrogen (secondary N) is 1. The lowest BCUT2D eigenvalue weighted by Crippen LogP contribution is -2.69. The fourth-order valence-electron chi connectivity index (χ4n) is 6.54. The number of halogens is 1. The summed E-state index contributed by atoms with van der Waals surface area (Å²) in [6, 6.07) is 0.0847. The molecule has 2 aromatic heterocycles. The molecule has 4 bridgehead atoms. The predicted molar refractivity (Wildman–Crippen MR) is 106 cm³/mol. The van der Waals surface area contributed by atoms with Gasteiger partial charge in [0.15, 0.2) is 11.6 Å². The van der Waals surface area contributed by atoms with Crippen LogP contribution in [-0.4, -0.2) is 50.7 Å². The van der Waals surface area contributed by atoms with Gasteiger partial charge in [0.25, 0.3) is 0 Å². The number of pyridine rings is 1. The first-order chi connectivity index (χ1) is 13.6. The SMILES string of the molecule is COc1cnc2[nH]cc(C(C)(C)C(=O)N3C4CC5(C)CC3CC(O)(C4)C5)c2c1F. The van der Waals surface area contributed by atoms with Crippen LogP contribution >= 0.6 is 0 Å². The number of amides is 1. The van der Waals surface area contributed by atoms with E-state index in [-0.39, 0.29) is 29.2 Å². The van der Waals surface area contributed by atoms with Crippen molar-refractivity contribution in [2.45, 2.75) is 76.0 Å². The number of methoxy groups -OCH3 is 1. The van der Waals surface area contributed by atoms with Crippen molar-refractivity contribution in [2.24, 2.45) is 5.41 Å². The van der Waals surface area contributed by atoms with Gasteiger partial charge in [-0.2, -0.15) is 0 Å². The second-order valence-corrected chi connectivity index (χ2v) is 10.2. The topological polar surface area (TPSA) is 78.5 Å². The Morgan fingerprint density at radius 2 is 2.00 bits per heavy atom. The van der Waals surface area contributed by atoms with Crippen LogP contribution in [0.4, 0.5) is 4.39 Å². The first-order valence-corrected chi connectivity index (χ1v) is 10.3. The summed E-state index contributed by atoms with van der Waals surface area (Å²) in [5.41, 5.74) is -0.496. The summed E-state index contributed by atoms with van der Waals surface area (Å²) in [4.78, 5) is 23.1. The molecule has 2 aliphatic carbocycles. The number of ether oxygens (including phenoxy) is 1. The summed E-state index contributed by atoms with van der Waals surface area (Å²) in [7, 11) is 1.40. The van der Waals surface area contributed by atoms with E-state index < -0.39 is 16.8 Å². The third kappa shape index (κ3) is 2.56. The van der Waals surface area contributed by atoms with Crippen molar-refractivity contribution in [2.75, 3.05) is 7.11 Å². The lowest BCUT2D eigenvalue weighted by molar-refractivity contribution is -0.195. The molecule has 2 atom stereocenters. The van der Waals surface area contributed by atoms with Crippen molar-refractivity contribution in [1.29, 1.82) is 0 Å². The Balaban J connectivity index is 1.55. The number of fused-ring (bicyclic) bond motifs is 1. The van der Waals surface area contributed by atoms with Gasteiger partial charge in [0.05, 0.1) is 29.7 Å². The Bertz CT molecular complexity index is 978. The number of rotatable bonds is 3. The molecule has 2 aromatic rings. The standard InChI is InChI=1S/C22H28FN3O3/c1-20(2,14-9-24-18-16(14)17(23)15(29-4)10-25-18)19(27)26-12-5-21(3)6-13(26)8-22(28,7-12)11-21/h9-10,12-13,28H,5-8,11H2,1-4H3,(H,24,25). The zero-order valence-electron chi connectivity index (χ0n) is 17.4. The molecular formula is C22H28FN3O3. The van der Waals surface area contributed by atoms with Crippen LogP contribution in [0.3, 0.4) is 0 Å². The molecule has 4 aliphatic rings. The molecule has 4 heterocycles. The normalized spacial score (nSPS) is 33.5. The minimum Gasteiger partial charge on any atom is -0.492 e. The van der Waals surface area contributed by atoms with Gasteiger partial charge in [-0.25, -0.2) is 9.37 Å². The van der Waals surface area contributed by atoms with Gasteiger partial charge < -0.3 is 19.7 Å². The number of aromatic nitrogens is 2. The number of nitrogens with zero attached hydrogens (tertiary/aromatic N) is 2. The average molecular weight is 401 g/mol. The van der Waals surface area contributed by atoms with Gasteiger partial charge in [-0.1, -0.05) is 6.92 Å². The highest BCUT2D eigenvalue weighted by molar-refractivity contribution is 5.94. The van der Waals surface area contributed by atoms with Gasteiger partial charge in [0.2, 0.25) is 5.91 Å². The minimum absolute atomic E-state index is 0.0124. The molecule has 2 saturated carbocycles.